The first-order chi connectivity index (χ1) is 12.1. The van der Waals surface area contributed by atoms with Crippen LogP contribution < -0.4 is 10.6 Å². The van der Waals surface area contributed by atoms with Gasteiger partial charge in [-0.1, -0.05) is 29.8 Å². The number of hydrogen-bond acceptors (Lipinski definition) is 4. The molecule has 0 spiro atoms. The zero-order chi connectivity index (χ0) is 17.4. The fourth-order valence-corrected chi connectivity index (χ4v) is 4.41. The number of aryl methyl sites for hydroxylation is 1. The van der Waals surface area contributed by atoms with Gasteiger partial charge in [0, 0.05) is 23.0 Å². The smallest absolute Gasteiger partial charge is 0.261 e. The van der Waals surface area contributed by atoms with Crippen LogP contribution in [0.3, 0.4) is 0 Å². The Morgan fingerprint density at radius 1 is 1.46 bits per heavy atom. The van der Waals surface area contributed by atoms with Gasteiger partial charge in [0.25, 0.3) is 5.91 Å². The van der Waals surface area contributed by atoms with Crippen LogP contribution in [0.4, 0.5) is 0 Å². The molecule has 1 atom stereocenters. The number of fused-ring (bicyclic) bond motifs is 1. The quantitative estimate of drug-likeness (QED) is 0.690. The van der Waals surface area contributed by atoms with Crippen molar-refractivity contribution in [2.75, 3.05) is 13.1 Å². The Morgan fingerprint density at radius 3 is 3.00 bits per heavy atom. The van der Waals surface area contributed by atoms with Gasteiger partial charge in [0.05, 0.1) is 17.1 Å². The summed E-state index contributed by atoms with van der Waals surface area (Å²) >= 11 is 7.76. The highest BCUT2D eigenvalue weighted by atomic mass is 35.5. The number of amides is 1. The summed E-state index contributed by atoms with van der Waals surface area (Å²) in [5.74, 6) is -0.00130. The van der Waals surface area contributed by atoms with E-state index in [-0.39, 0.29) is 24.4 Å². The first-order valence-corrected chi connectivity index (χ1v) is 9.53. The summed E-state index contributed by atoms with van der Waals surface area (Å²) in [5.41, 5.74) is 1.95. The molecule has 26 heavy (non-hydrogen) atoms. The molecular weight excluding hydrogens is 391 g/mol. The molecule has 2 aromatic heterocycles. The van der Waals surface area contributed by atoms with Crippen molar-refractivity contribution in [3.8, 4) is 0 Å². The Morgan fingerprint density at radius 2 is 2.27 bits per heavy atom. The molecule has 8 heteroatoms. The Hall–Kier alpha value is -1.60. The van der Waals surface area contributed by atoms with Crippen LogP contribution in [0.15, 0.2) is 30.3 Å². The number of rotatable bonds is 4. The van der Waals surface area contributed by atoms with Crippen LogP contribution in [-0.2, 0) is 6.54 Å². The number of hydrogen-bond donors (Lipinski definition) is 2. The summed E-state index contributed by atoms with van der Waals surface area (Å²) in [4.78, 5) is 14.3. The summed E-state index contributed by atoms with van der Waals surface area (Å²) < 4.78 is 1.93. The lowest BCUT2D eigenvalue weighted by Crippen LogP contribution is -2.35. The van der Waals surface area contributed by atoms with Gasteiger partial charge in [-0.05, 0) is 37.6 Å². The standard InChI is InChI=1S/C18H19ClN4OS.ClH/c1-11-14-8-16(17(24)21-13-6-7-20-9-13)25-18(14)23(22-11)10-12-4-2-3-5-15(12)19;/h2-5,8,13,20H,6-7,9-10H2,1H3,(H,21,24);1H. The van der Waals surface area contributed by atoms with Gasteiger partial charge in [0.2, 0.25) is 0 Å². The molecule has 1 saturated heterocycles. The van der Waals surface area contributed by atoms with Gasteiger partial charge in [-0.25, -0.2) is 0 Å². The van der Waals surface area contributed by atoms with E-state index >= 15 is 0 Å². The molecule has 5 nitrogen and oxygen atoms in total. The monoisotopic (exact) mass is 410 g/mol. The summed E-state index contributed by atoms with van der Waals surface area (Å²) in [6.07, 6.45) is 0.982. The first kappa shape index (κ1) is 19.2. The second-order valence-corrected chi connectivity index (χ2v) is 7.76. The molecule has 0 saturated carbocycles. The maximum absolute atomic E-state index is 12.5. The number of nitrogens with one attached hydrogen (secondary N) is 2. The number of carbonyl (C=O) groups is 1. The van der Waals surface area contributed by atoms with E-state index in [0.29, 0.717) is 6.54 Å². The second kappa shape index (κ2) is 7.96. The SMILES string of the molecule is Cc1nn(Cc2ccccc2Cl)c2sc(C(=O)NC3CCNC3)cc12.Cl. The van der Waals surface area contributed by atoms with Crippen molar-refractivity contribution in [2.24, 2.45) is 0 Å². The van der Waals surface area contributed by atoms with Crippen molar-refractivity contribution < 1.29 is 4.79 Å². The molecule has 1 aliphatic heterocycles. The Labute approximate surface area is 167 Å². The lowest BCUT2D eigenvalue weighted by molar-refractivity contribution is 0.0944. The average molecular weight is 411 g/mol. The van der Waals surface area contributed by atoms with Gasteiger partial charge >= 0.3 is 0 Å². The third-order valence-corrected chi connectivity index (χ3v) is 6.02. The van der Waals surface area contributed by atoms with Crippen molar-refractivity contribution in [3.05, 3.63) is 51.5 Å². The number of thiophene rings is 1. The summed E-state index contributed by atoms with van der Waals surface area (Å²) in [5, 5.41) is 12.7. The van der Waals surface area contributed by atoms with E-state index < -0.39 is 0 Å². The molecule has 2 N–H and O–H groups in total. The van der Waals surface area contributed by atoms with E-state index in [1.165, 1.54) is 11.3 Å². The van der Waals surface area contributed by atoms with Gasteiger partial charge in [-0.3, -0.25) is 9.48 Å². The molecule has 1 amide bonds. The molecule has 0 radical (unpaired) electrons. The van der Waals surface area contributed by atoms with Crippen LogP contribution in [0.2, 0.25) is 5.02 Å². The number of benzene rings is 1. The van der Waals surface area contributed by atoms with E-state index in [4.69, 9.17) is 11.6 Å². The van der Waals surface area contributed by atoms with Gasteiger partial charge in [-0.15, -0.1) is 23.7 Å². The molecule has 0 bridgehead atoms. The van der Waals surface area contributed by atoms with Crippen LogP contribution in [-0.4, -0.2) is 34.8 Å². The Balaban J connectivity index is 0.00000196. The molecule has 1 unspecified atom stereocenters. The molecule has 1 fully saturated rings. The fourth-order valence-electron chi connectivity index (χ4n) is 3.15. The van der Waals surface area contributed by atoms with E-state index in [2.05, 4.69) is 15.7 Å². The maximum atomic E-state index is 12.5. The summed E-state index contributed by atoms with van der Waals surface area (Å²) in [6.45, 7) is 4.37. The van der Waals surface area contributed by atoms with Gasteiger partial charge < -0.3 is 10.6 Å². The number of aromatic nitrogens is 2. The zero-order valence-electron chi connectivity index (χ0n) is 14.3. The molecule has 1 aliphatic rings. The largest absolute Gasteiger partial charge is 0.347 e. The molecule has 138 valence electrons. The van der Waals surface area contributed by atoms with Gasteiger partial charge in [-0.2, -0.15) is 5.10 Å². The Kier molecular flexibility index (Phi) is 5.87. The minimum atomic E-state index is -0.00130. The van der Waals surface area contributed by atoms with E-state index in [0.717, 1.165) is 50.9 Å². The van der Waals surface area contributed by atoms with E-state index in [1.54, 1.807) is 0 Å². The van der Waals surface area contributed by atoms with Crippen LogP contribution >= 0.6 is 35.3 Å². The molecule has 3 heterocycles. The van der Waals surface area contributed by atoms with Gasteiger partial charge in [0.15, 0.2) is 0 Å². The highest BCUT2D eigenvalue weighted by Gasteiger charge is 2.21. The molecular formula is C18H20Cl2N4OS. The molecule has 3 aromatic rings. The zero-order valence-corrected chi connectivity index (χ0v) is 16.7. The van der Waals surface area contributed by atoms with E-state index in [9.17, 15) is 4.79 Å². The summed E-state index contributed by atoms with van der Waals surface area (Å²) in [7, 11) is 0. The topological polar surface area (TPSA) is 59.0 Å². The van der Waals surface area contributed by atoms with E-state index in [1.807, 2.05) is 41.9 Å². The van der Waals surface area contributed by atoms with Crippen LogP contribution in [0, 0.1) is 6.92 Å². The number of nitrogens with zero attached hydrogens (tertiary/aromatic N) is 2. The minimum Gasteiger partial charge on any atom is -0.347 e. The fraction of sp³-hybridized carbons (Fsp3) is 0.333. The predicted octanol–water partition coefficient (Wildman–Crippen LogP) is 3.62. The van der Waals surface area contributed by atoms with Crippen molar-refractivity contribution in [1.82, 2.24) is 20.4 Å². The third-order valence-electron chi connectivity index (χ3n) is 4.50. The highest BCUT2D eigenvalue weighted by molar-refractivity contribution is 7.20. The van der Waals surface area contributed by atoms with Crippen molar-refractivity contribution in [3.63, 3.8) is 0 Å². The average Bonchev–Trinajstić information content (AvgIpc) is 3.29. The van der Waals surface area contributed by atoms with Crippen LogP contribution in [0.25, 0.3) is 10.2 Å². The van der Waals surface area contributed by atoms with Crippen LogP contribution in [0.5, 0.6) is 0 Å². The number of carbonyl (C=O) groups excluding carboxylic acids is 1. The second-order valence-electron chi connectivity index (χ2n) is 6.33. The highest BCUT2D eigenvalue weighted by Crippen LogP contribution is 2.29. The lowest BCUT2D eigenvalue weighted by Gasteiger charge is -2.09. The summed E-state index contributed by atoms with van der Waals surface area (Å²) in [6, 6.07) is 9.94. The van der Waals surface area contributed by atoms with Crippen LogP contribution in [0.1, 0.15) is 27.3 Å². The molecule has 4 rings (SSSR count). The number of halogens is 2. The first-order valence-electron chi connectivity index (χ1n) is 8.34. The van der Waals surface area contributed by atoms with Crippen molar-refractivity contribution in [1.29, 1.82) is 0 Å². The predicted molar refractivity (Wildman–Crippen MR) is 109 cm³/mol. The molecule has 1 aromatic carbocycles. The minimum absolute atomic E-state index is 0. The lowest BCUT2D eigenvalue weighted by atomic mass is 10.2. The molecule has 0 aliphatic carbocycles. The maximum Gasteiger partial charge on any atom is 0.261 e. The normalized spacial score (nSPS) is 16.6. The third kappa shape index (κ3) is 3.74. The Bertz CT molecular complexity index is 931. The van der Waals surface area contributed by atoms with Crippen molar-refractivity contribution in [2.45, 2.75) is 25.9 Å². The van der Waals surface area contributed by atoms with Crippen molar-refractivity contribution >= 4 is 51.5 Å². The van der Waals surface area contributed by atoms with Gasteiger partial charge in [0.1, 0.15) is 4.83 Å².